The predicted octanol–water partition coefficient (Wildman–Crippen LogP) is 4.77. The first-order valence-electron chi connectivity index (χ1n) is 28.2. The quantitative estimate of drug-likeness (QED) is 0.0174. The number of anilines is 2. The van der Waals surface area contributed by atoms with Crippen LogP contribution in [0.25, 0.3) is 0 Å². The van der Waals surface area contributed by atoms with Crippen LogP contribution in [-0.2, 0) is 41.5 Å². The van der Waals surface area contributed by atoms with E-state index in [9.17, 15) is 0 Å². The normalized spacial score (nSPS) is 10.3. The summed E-state index contributed by atoms with van der Waals surface area (Å²) in [5.41, 5.74) is 58.6. The van der Waals surface area contributed by atoms with Crippen LogP contribution in [0.15, 0.2) is 84.9 Å². The summed E-state index contributed by atoms with van der Waals surface area (Å²) in [6.07, 6.45) is 4.80. The number of phenols is 2. The van der Waals surface area contributed by atoms with Crippen molar-refractivity contribution in [3.8, 4) is 23.0 Å². The topological polar surface area (TPSA) is 435 Å². The molecule has 478 valence electrons. The van der Waals surface area contributed by atoms with Crippen molar-refractivity contribution in [1.29, 1.82) is 0 Å². The van der Waals surface area contributed by atoms with Crippen molar-refractivity contribution in [1.82, 2.24) is 0 Å². The highest BCUT2D eigenvalue weighted by Gasteiger charge is 2.12. The first-order chi connectivity index (χ1) is 39.5. The van der Waals surface area contributed by atoms with Gasteiger partial charge in [0.05, 0.1) is 6.61 Å². The van der Waals surface area contributed by atoms with E-state index in [2.05, 4.69) is 32.0 Å². The van der Waals surface area contributed by atoms with E-state index < -0.39 is 0 Å². The standard InChI is InChI=1S/C9H13N.C8H9NO2.C8H19NO2.C7H17NO2.C6H15NO2.2C6H7NO.C4H11NO.C3H9NO.C2H7NO/c1-7-3-4-9(6-10)5-8(7)2;9-4-6-1-2-7-8(3-6)11-5-10-7;1-3-10-8(11-4-2)6-5-7-9;1-3-9-7(5-6-8)10-4-2;1-3-8-6(5-7)9-4-2;7-5-1-3-6(8)4-2-5;7-5-2-1-3-6(8)4-5;5-3-1-2-4-6;4-2-1-3-5;3-1-2-4/h3-5H,6,10H2,1-2H3;1-3H,4-5,9H2;8H,3-7,9H2,1-2H3;7H,3-6,8H2,1-2H3;6H,3-5,7H2,1-2H3;2*1-4,8H,7H2;6H,1-5H2;5H,1-4H2;4H,1-3H2. The maximum absolute atomic E-state index is 8.73. The maximum Gasteiger partial charge on any atom is 0.231 e. The molecule has 1 heterocycles. The zero-order valence-corrected chi connectivity index (χ0v) is 51.1. The molecule has 0 atom stereocenters. The van der Waals surface area contributed by atoms with E-state index in [1.54, 1.807) is 42.5 Å². The second-order valence-corrected chi connectivity index (χ2v) is 16.6. The summed E-state index contributed by atoms with van der Waals surface area (Å²) in [6.45, 7) is 25.5. The molecule has 0 saturated heterocycles. The van der Waals surface area contributed by atoms with Crippen molar-refractivity contribution >= 4 is 11.4 Å². The van der Waals surface area contributed by atoms with E-state index in [-0.39, 0.29) is 50.2 Å². The third kappa shape index (κ3) is 58.2. The first-order valence-corrected chi connectivity index (χ1v) is 28.2. The lowest BCUT2D eigenvalue weighted by atomic mass is 10.1. The molecule has 4 aromatic carbocycles. The summed E-state index contributed by atoms with van der Waals surface area (Å²) >= 11 is 0. The molecule has 82 heavy (non-hydrogen) atoms. The number of aryl methyl sites for hydroxylation is 2. The van der Waals surface area contributed by atoms with Gasteiger partial charge in [-0.25, -0.2) is 0 Å². The molecule has 23 heteroatoms. The van der Waals surface area contributed by atoms with E-state index >= 15 is 0 Å². The number of benzene rings is 4. The van der Waals surface area contributed by atoms with Gasteiger partial charge in [0.1, 0.15) is 11.5 Å². The third-order valence-electron chi connectivity index (χ3n) is 9.70. The van der Waals surface area contributed by atoms with Crippen molar-refractivity contribution in [3.05, 3.63) is 107 Å². The van der Waals surface area contributed by atoms with Gasteiger partial charge in [-0.2, -0.15) is 0 Å². The van der Waals surface area contributed by atoms with E-state index in [0.717, 1.165) is 55.6 Å². The van der Waals surface area contributed by atoms with Crippen molar-refractivity contribution in [2.45, 2.75) is 126 Å². The lowest BCUT2D eigenvalue weighted by Gasteiger charge is -2.15. The van der Waals surface area contributed by atoms with Crippen LogP contribution < -0.4 is 66.8 Å². The van der Waals surface area contributed by atoms with Crippen LogP contribution in [0.5, 0.6) is 23.0 Å². The number of fused-ring (bicyclic) bond motifs is 1. The molecule has 23 nitrogen and oxygen atoms in total. The summed E-state index contributed by atoms with van der Waals surface area (Å²) in [6, 6.07) is 24.9. The third-order valence-corrected chi connectivity index (χ3v) is 9.70. The highest BCUT2D eigenvalue weighted by molar-refractivity contribution is 5.44. The Balaban J connectivity index is -0.000000271. The number of nitrogens with two attached hydrogens (primary N) is 10. The molecule has 5 rings (SSSR count). The molecule has 25 N–H and O–H groups in total. The molecule has 1 aliphatic heterocycles. The molecule has 0 aromatic heterocycles. The number of aliphatic hydroxyl groups is 3. The van der Waals surface area contributed by atoms with Gasteiger partial charge in [-0.1, -0.05) is 30.3 Å². The fourth-order valence-corrected chi connectivity index (χ4v) is 5.49. The molecule has 0 saturated carbocycles. The lowest BCUT2D eigenvalue weighted by molar-refractivity contribution is -0.139. The number of phenolic OH excluding ortho intramolecular Hbond substituents is 2. The number of rotatable bonds is 26. The van der Waals surface area contributed by atoms with Gasteiger partial charge in [0.25, 0.3) is 0 Å². The number of hydrogen-bond donors (Lipinski definition) is 15. The van der Waals surface area contributed by atoms with Gasteiger partial charge in [-0.15, -0.1) is 0 Å². The van der Waals surface area contributed by atoms with Crippen LogP contribution in [0.4, 0.5) is 11.4 Å². The van der Waals surface area contributed by atoms with Crippen LogP contribution >= 0.6 is 0 Å². The van der Waals surface area contributed by atoms with Crippen molar-refractivity contribution in [2.24, 2.45) is 45.9 Å². The number of nitrogen functional groups attached to an aromatic ring is 2. The highest BCUT2D eigenvalue weighted by atomic mass is 16.7. The second kappa shape index (κ2) is 66.8. The second-order valence-electron chi connectivity index (χ2n) is 16.6. The molecular weight excluding hydrogens is 1060 g/mol. The number of unbranched alkanes of at least 4 members (excludes halogenated alkanes) is 1. The number of hydrogen-bond acceptors (Lipinski definition) is 23. The molecule has 0 fully saturated rings. The summed E-state index contributed by atoms with van der Waals surface area (Å²) < 4.78 is 41.5. The van der Waals surface area contributed by atoms with Crippen LogP contribution in [0, 0.1) is 13.8 Å². The van der Waals surface area contributed by atoms with Gasteiger partial charge >= 0.3 is 0 Å². The molecule has 0 amide bonds. The first kappa shape index (κ1) is 85.8. The predicted molar refractivity (Wildman–Crippen MR) is 334 cm³/mol. The Labute approximate surface area is 492 Å². The largest absolute Gasteiger partial charge is 0.508 e. The Morgan fingerprint density at radius 2 is 0.890 bits per heavy atom. The summed E-state index contributed by atoms with van der Waals surface area (Å²) in [5, 5.41) is 41.3. The molecule has 0 bridgehead atoms. The fourth-order valence-electron chi connectivity index (χ4n) is 5.49. The molecular formula is C59H114N10O13. The van der Waals surface area contributed by atoms with E-state index in [0.29, 0.717) is 110 Å². The van der Waals surface area contributed by atoms with Crippen molar-refractivity contribution in [2.75, 3.05) is 117 Å². The fraction of sp³-hybridized carbons (Fsp3) is 0.593. The highest BCUT2D eigenvalue weighted by Crippen LogP contribution is 2.32. The SMILES string of the molecule is CCOC(CCCN)OCC.CCOC(CCN)OCC.CCOC(CN)OCC.Cc1ccc(CN)cc1C.NCCCCO.NCCCO.NCCO.NCc1ccc2c(c1)OCO2.Nc1ccc(O)cc1.Nc1cccc(O)c1. The number of aromatic hydroxyl groups is 2. The van der Waals surface area contributed by atoms with Crippen LogP contribution in [0.1, 0.15) is 102 Å². The molecule has 0 aliphatic carbocycles. The summed E-state index contributed by atoms with van der Waals surface area (Å²) in [5.74, 6) is 2.07. The van der Waals surface area contributed by atoms with E-state index in [1.165, 1.54) is 22.8 Å². The van der Waals surface area contributed by atoms with Gasteiger partial charge in [0, 0.05) is 103 Å². The molecule has 0 radical (unpaired) electrons. The zero-order valence-electron chi connectivity index (χ0n) is 51.1. The van der Waals surface area contributed by atoms with Gasteiger partial charge in [-0.05, 0) is 184 Å². The lowest BCUT2D eigenvalue weighted by Crippen LogP contribution is -2.26. The van der Waals surface area contributed by atoms with Crippen molar-refractivity contribution < 1.29 is 63.4 Å². The Hall–Kier alpha value is -5.00. The molecule has 0 unspecified atom stereocenters. The number of ether oxygens (including phenoxy) is 8. The molecule has 0 spiro atoms. The van der Waals surface area contributed by atoms with Crippen LogP contribution in [-0.4, -0.2) is 150 Å². The minimum atomic E-state index is -0.208. The van der Waals surface area contributed by atoms with Gasteiger partial charge in [0.2, 0.25) is 6.79 Å². The van der Waals surface area contributed by atoms with E-state index in [1.807, 2.05) is 59.7 Å². The molecule has 1 aliphatic rings. The summed E-state index contributed by atoms with van der Waals surface area (Å²) in [7, 11) is 0. The molecule has 4 aromatic rings. The number of aliphatic hydroxyl groups excluding tert-OH is 3. The Morgan fingerprint density at radius 1 is 0.427 bits per heavy atom. The summed E-state index contributed by atoms with van der Waals surface area (Å²) in [4.78, 5) is 0. The van der Waals surface area contributed by atoms with Crippen LogP contribution in [0.2, 0.25) is 0 Å². The minimum Gasteiger partial charge on any atom is -0.508 e. The van der Waals surface area contributed by atoms with Crippen LogP contribution in [0.3, 0.4) is 0 Å². The minimum absolute atomic E-state index is 0.0476. The Morgan fingerprint density at radius 3 is 1.24 bits per heavy atom. The maximum atomic E-state index is 8.73. The smallest absolute Gasteiger partial charge is 0.231 e. The van der Waals surface area contributed by atoms with Gasteiger partial charge < -0.3 is 121 Å². The van der Waals surface area contributed by atoms with Gasteiger partial charge in [0.15, 0.2) is 30.4 Å². The monoisotopic (exact) mass is 1170 g/mol. The Bertz CT molecular complexity index is 1830. The van der Waals surface area contributed by atoms with Gasteiger partial charge in [-0.3, -0.25) is 0 Å². The van der Waals surface area contributed by atoms with E-state index in [4.69, 9.17) is 121 Å². The zero-order chi connectivity index (χ0) is 63.0. The Kier molecular flexibility index (Phi) is 69.9. The average molecular weight is 1170 g/mol. The average Bonchev–Trinajstić information content (AvgIpc) is 3.98. The van der Waals surface area contributed by atoms with Crippen molar-refractivity contribution in [3.63, 3.8) is 0 Å².